The normalized spacial score (nSPS) is 9.60. The molecular formula is C13H10N2. The number of aryl methyl sites for hydroxylation is 1. The summed E-state index contributed by atoms with van der Waals surface area (Å²) >= 11 is 0. The van der Waals surface area contributed by atoms with Crippen molar-refractivity contribution in [2.24, 2.45) is 0 Å². The molecule has 0 aliphatic heterocycles. The minimum absolute atomic E-state index is 0.663. The molecule has 0 N–H and O–H groups in total. The first-order valence-electron chi connectivity index (χ1n) is 4.74. The fourth-order valence-electron chi connectivity index (χ4n) is 1.45. The van der Waals surface area contributed by atoms with Gasteiger partial charge in [0.1, 0.15) is 0 Å². The molecule has 0 aliphatic carbocycles. The summed E-state index contributed by atoms with van der Waals surface area (Å²) in [5.41, 5.74) is 3.54. The van der Waals surface area contributed by atoms with E-state index in [0.717, 1.165) is 17.0 Å². The van der Waals surface area contributed by atoms with Gasteiger partial charge in [0.15, 0.2) is 0 Å². The maximum Gasteiger partial charge on any atom is 0.0991 e. The van der Waals surface area contributed by atoms with Crippen molar-refractivity contribution in [1.29, 1.82) is 5.26 Å². The van der Waals surface area contributed by atoms with Crippen molar-refractivity contribution in [1.82, 2.24) is 4.98 Å². The molecule has 1 aromatic heterocycles. The first-order valence-corrected chi connectivity index (χ1v) is 4.74. The zero-order chi connectivity index (χ0) is 10.7. The zero-order valence-electron chi connectivity index (χ0n) is 8.44. The van der Waals surface area contributed by atoms with Gasteiger partial charge in [-0.3, -0.25) is 4.98 Å². The van der Waals surface area contributed by atoms with Gasteiger partial charge in [0, 0.05) is 11.3 Å². The Morgan fingerprint density at radius 2 is 1.93 bits per heavy atom. The van der Waals surface area contributed by atoms with Gasteiger partial charge in [-0.2, -0.15) is 5.26 Å². The van der Waals surface area contributed by atoms with Crippen LogP contribution in [-0.2, 0) is 0 Å². The van der Waals surface area contributed by atoms with Crippen molar-refractivity contribution in [3.8, 4) is 17.3 Å². The first-order chi connectivity index (χ1) is 7.29. The molecular weight excluding hydrogens is 184 g/mol. The van der Waals surface area contributed by atoms with Gasteiger partial charge in [0.25, 0.3) is 0 Å². The van der Waals surface area contributed by atoms with E-state index in [1.54, 1.807) is 6.07 Å². The summed E-state index contributed by atoms with van der Waals surface area (Å²) in [7, 11) is 0. The third-order valence-corrected chi connectivity index (χ3v) is 2.18. The topological polar surface area (TPSA) is 36.7 Å². The molecule has 1 aromatic carbocycles. The van der Waals surface area contributed by atoms with Crippen LogP contribution in [0.15, 0.2) is 42.5 Å². The van der Waals surface area contributed by atoms with E-state index in [1.165, 1.54) is 0 Å². The lowest BCUT2D eigenvalue weighted by Gasteiger charge is -2.01. The van der Waals surface area contributed by atoms with Gasteiger partial charge in [0.05, 0.1) is 17.3 Å². The van der Waals surface area contributed by atoms with E-state index >= 15 is 0 Å². The Hall–Kier alpha value is -2.14. The van der Waals surface area contributed by atoms with Crippen LogP contribution in [-0.4, -0.2) is 4.98 Å². The predicted octanol–water partition coefficient (Wildman–Crippen LogP) is 2.93. The van der Waals surface area contributed by atoms with E-state index in [0.29, 0.717) is 5.56 Å². The highest BCUT2D eigenvalue weighted by Gasteiger charge is 1.99. The highest BCUT2D eigenvalue weighted by Crippen LogP contribution is 2.17. The van der Waals surface area contributed by atoms with Gasteiger partial charge in [0.2, 0.25) is 0 Å². The molecule has 2 heteroatoms. The van der Waals surface area contributed by atoms with Crippen LogP contribution >= 0.6 is 0 Å². The van der Waals surface area contributed by atoms with E-state index in [4.69, 9.17) is 5.26 Å². The van der Waals surface area contributed by atoms with Crippen molar-refractivity contribution < 1.29 is 0 Å². The number of rotatable bonds is 1. The molecule has 2 nitrogen and oxygen atoms in total. The van der Waals surface area contributed by atoms with Gasteiger partial charge < -0.3 is 0 Å². The molecule has 0 fully saturated rings. The average molecular weight is 194 g/mol. The van der Waals surface area contributed by atoms with Crippen molar-refractivity contribution in [3.05, 3.63) is 53.7 Å². The zero-order valence-corrected chi connectivity index (χ0v) is 8.44. The molecule has 0 bridgehead atoms. The molecule has 0 saturated carbocycles. The van der Waals surface area contributed by atoms with Crippen LogP contribution in [0, 0.1) is 18.3 Å². The summed E-state index contributed by atoms with van der Waals surface area (Å²) in [6.07, 6.45) is 0. The minimum Gasteiger partial charge on any atom is -0.253 e. The average Bonchev–Trinajstić information content (AvgIpc) is 2.29. The van der Waals surface area contributed by atoms with Crippen molar-refractivity contribution >= 4 is 0 Å². The molecule has 0 saturated heterocycles. The summed E-state index contributed by atoms with van der Waals surface area (Å²) in [5, 5.41) is 8.79. The summed E-state index contributed by atoms with van der Waals surface area (Å²) in [6.45, 7) is 1.96. The number of pyridine rings is 1. The molecule has 0 radical (unpaired) electrons. The van der Waals surface area contributed by atoms with E-state index in [-0.39, 0.29) is 0 Å². The minimum atomic E-state index is 0.663. The number of nitrogens with zero attached hydrogens (tertiary/aromatic N) is 2. The highest BCUT2D eigenvalue weighted by atomic mass is 14.7. The summed E-state index contributed by atoms with van der Waals surface area (Å²) in [4.78, 5) is 4.41. The van der Waals surface area contributed by atoms with Gasteiger partial charge in [-0.25, -0.2) is 0 Å². The van der Waals surface area contributed by atoms with Crippen LogP contribution in [0.3, 0.4) is 0 Å². The van der Waals surface area contributed by atoms with E-state index in [1.807, 2.05) is 43.3 Å². The van der Waals surface area contributed by atoms with E-state index in [2.05, 4.69) is 11.1 Å². The molecule has 0 amide bonds. The Kier molecular flexibility index (Phi) is 2.47. The first kappa shape index (κ1) is 9.42. The van der Waals surface area contributed by atoms with E-state index < -0.39 is 0 Å². The fraction of sp³-hybridized carbons (Fsp3) is 0.0769. The Morgan fingerprint density at radius 3 is 2.67 bits per heavy atom. The van der Waals surface area contributed by atoms with E-state index in [9.17, 15) is 0 Å². The Balaban J connectivity index is 2.50. The van der Waals surface area contributed by atoms with Crippen LogP contribution < -0.4 is 0 Å². The largest absolute Gasteiger partial charge is 0.253 e. The molecule has 15 heavy (non-hydrogen) atoms. The van der Waals surface area contributed by atoms with Gasteiger partial charge in [-0.1, -0.05) is 18.2 Å². The van der Waals surface area contributed by atoms with Crippen LogP contribution in [0.5, 0.6) is 0 Å². The number of hydrogen-bond donors (Lipinski definition) is 0. The highest BCUT2D eigenvalue weighted by molar-refractivity contribution is 5.61. The Morgan fingerprint density at radius 1 is 1.13 bits per heavy atom. The molecule has 0 unspecified atom stereocenters. The van der Waals surface area contributed by atoms with Gasteiger partial charge in [-0.15, -0.1) is 0 Å². The SMILES string of the molecule is Cc1cccc(-c2cccc(C#N)c2)n1. The fourth-order valence-corrected chi connectivity index (χ4v) is 1.45. The Bertz CT molecular complexity index is 524. The van der Waals surface area contributed by atoms with Crippen LogP contribution in [0.4, 0.5) is 0 Å². The number of aromatic nitrogens is 1. The Labute approximate surface area is 88.8 Å². The summed E-state index contributed by atoms with van der Waals surface area (Å²) < 4.78 is 0. The third-order valence-electron chi connectivity index (χ3n) is 2.18. The van der Waals surface area contributed by atoms with Crippen LogP contribution in [0.2, 0.25) is 0 Å². The quantitative estimate of drug-likeness (QED) is 0.699. The monoisotopic (exact) mass is 194 g/mol. The lowest BCUT2D eigenvalue weighted by atomic mass is 10.1. The molecule has 0 spiro atoms. The second-order valence-electron chi connectivity index (χ2n) is 3.36. The molecule has 72 valence electrons. The summed E-state index contributed by atoms with van der Waals surface area (Å²) in [6, 6.07) is 15.5. The molecule has 2 aromatic rings. The number of nitriles is 1. The lowest BCUT2D eigenvalue weighted by Crippen LogP contribution is -1.86. The van der Waals surface area contributed by atoms with Crippen molar-refractivity contribution in [2.75, 3.05) is 0 Å². The van der Waals surface area contributed by atoms with Crippen LogP contribution in [0.25, 0.3) is 11.3 Å². The number of benzene rings is 1. The molecule has 0 atom stereocenters. The predicted molar refractivity (Wildman–Crippen MR) is 59.1 cm³/mol. The second-order valence-corrected chi connectivity index (χ2v) is 3.36. The van der Waals surface area contributed by atoms with Gasteiger partial charge >= 0.3 is 0 Å². The second kappa shape index (κ2) is 3.93. The maximum atomic E-state index is 8.79. The smallest absolute Gasteiger partial charge is 0.0991 e. The molecule has 0 aliphatic rings. The lowest BCUT2D eigenvalue weighted by molar-refractivity contribution is 1.20. The van der Waals surface area contributed by atoms with Crippen molar-refractivity contribution in [2.45, 2.75) is 6.92 Å². The maximum absolute atomic E-state index is 8.79. The molecule has 1 heterocycles. The number of hydrogen-bond acceptors (Lipinski definition) is 2. The third kappa shape index (κ3) is 2.03. The molecule has 2 rings (SSSR count). The van der Waals surface area contributed by atoms with Gasteiger partial charge in [-0.05, 0) is 31.2 Å². The standard InChI is InChI=1S/C13H10N2/c1-10-4-2-7-13(15-10)12-6-3-5-11(8-12)9-14/h2-8H,1H3. The van der Waals surface area contributed by atoms with Crippen LogP contribution in [0.1, 0.15) is 11.3 Å². The van der Waals surface area contributed by atoms with Crippen molar-refractivity contribution in [3.63, 3.8) is 0 Å². The summed E-state index contributed by atoms with van der Waals surface area (Å²) in [5.74, 6) is 0.